The molecule has 0 bridgehead atoms. The summed E-state index contributed by atoms with van der Waals surface area (Å²) >= 11 is 0. The molecule has 0 spiro atoms. The molecule has 0 aromatic carbocycles. The van der Waals surface area contributed by atoms with E-state index in [4.69, 9.17) is 4.74 Å². The minimum atomic E-state index is -0.163. The number of nitrogens with one attached hydrogen (secondary N) is 2. The maximum absolute atomic E-state index is 12.4. The lowest BCUT2D eigenvalue weighted by Gasteiger charge is -2.25. The summed E-state index contributed by atoms with van der Waals surface area (Å²) < 4.78 is 5.74. The molecule has 0 aliphatic carbocycles. The van der Waals surface area contributed by atoms with E-state index in [1.165, 1.54) is 0 Å². The van der Waals surface area contributed by atoms with Crippen LogP contribution in [0.5, 0.6) is 0 Å². The molecule has 0 fully saturated rings. The molecule has 7 nitrogen and oxygen atoms in total. The summed E-state index contributed by atoms with van der Waals surface area (Å²) in [7, 11) is 0. The van der Waals surface area contributed by atoms with Crippen molar-refractivity contribution in [1.82, 2.24) is 25.5 Å². The number of amides is 1. The number of fused-ring (bicyclic) bond motifs is 1. The van der Waals surface area contributed by atoms with E-state index >= 15 is 0 Å². The number of aromatic amines is 1. The maximum Gasteiger partial charge on any atom is 0.272 e. The fourth-order valence-electron chi connectivity index (χ4n) is 2.89. The van der Waals surface area contributed by atoms with Gasteiger partial charge in [0.25, 0.3) is 5.91 Å². The Kier molecular flexibility index (Phi) is 4.38. The number of rotatable bonds is 4. The third kappa shape index (κ3) is 3.39. The highest BCUT2D eigenvalue weighted by atomic mass is 16.5. The van der Waals surface area contributed by atoms with Crippen LogP contribution in [0, 0.1) is 6.92 Å². The number of nitrogens with zero attached hydrogens (tertiary/aromatic N) is 3. The Morgan fingerprint density at radius 2 is 2.26 bits per heavy atom. The predicted molar refractivity (Wildman–Crippen MR) is 84.1 cm³/mol. The van der Waals surface area contributed by atoms with Gasteiger partial charge in [-0.25, -0.2) is 0 Å². The number of ether oxygens (including phenoxy) is 1. The molecule has 1 aliphatic rings. The monoisotopic (exact) mass is 315 g/mol. The summed E-state index contributed by atoms with van der Waals surface area (Å²) in [6, 6.07) is 0. The van der Waals surface area contributed by atoms with Crippen LogP contribution >= 0.6 is 0 Å². The average molecular weight is 315 g/mol. The molecule has 2 N–H and O–H groups in total. The minimum Gasteiger partial charge on any atom is -0.369 e. The number of carbonyl (C=O) groups is 1. The molecule has 0 radical (unpaired) electrons. The van der Waals surface area contributed by atoms with Gasteiger partial charge in [-0.1, -0.05) is 0 Å². The molecule has 23 heavy (non-hydrogen) atoms. The second-order valence-electron chi connectivity index (χ2n) is 5.92. The van der Waals surface area contributed by atoms with Gasteiger partial charge in [-0.3, -0.25) is 19.9 Å². The van der Waals surface area contributed by atoms with Crippen molar-refractivity contribution in [2.24, 2.45) is 0 Å². The lowest BCUT2D eigenvalue weighted by molar-refractivity contribution is -0.00697. The largest absolute Gasteiger partial charge is 0.369 e. The van der Waals surface area contributed by atoms with Crippen molar-refractivity contribution in [1.29, 1.82) is 0 Å². The zero-order valence-electron chi connectivity index (χ0n) is 13.6. The van der Waals surface area contributed by atoms with Gasteiger partial charge in [0.1, 0.15) is 0 Å². The van der Waals surface area contributed by atoms with E-state index in [1.54, 1.807) is 12.4 Å². The third-order valence-electron chi connectivity index (χ3n) is 3.92. The summed E-state index contributed by atoms with van der Waals surface area (Å²) in [6.45, 7) is 6.37. The lowest BCUT2D eigenvalue weighted by atomic mass is 9.99. The summed E-state index contributed by atoms with van der Waals surface area (Å²) in [5.74, 6) is -0.163. The van der Waals surface area contributed by atoms with E-state index in [2.05, 4.69) is 25.5 Å². The first-order chi connectivity index (χ1) is 11.0. The van der Waals surface area contributed by atoms with Gasteiger partial charge in [-0.15, -0.1) is 0 Å². The van der Waals surface area contributed by atoms with Crippen molar-refractivity contribution in [3.8, 4) is 0 Å². The molecule has 0 unspecified atom stereocenters. The Morgan fingerprint density at radius 3 is 3.04 bits per heavy atom. The van der Waals surface area contributed by atoms with Crippen LogP contribution in [0.15, 0.2) is 12.4 Å². The Balaban J connectivity index is 1.63. The van der Waals surface area contributed by atoms with E-state index in [0.29, 0.717) is 25.1 Å². The molecule has 7 heteroatoms. The normalized spacial score (nSPS) is 20.1. The molecule has 1 amide bonds. The second kappa shape index (κ2) is 6.45. The lowest BCUT2D eigenvalue weighted by Crippen LogP contribution is -2.29. The molecule has 3 rings (SSSR count). The molecule has 0 saturated heterocycles. The number of H-pyrrole nitrogens is 1. The van der Waals surface area contributed by atoms with Crippen LogP contribution in [0.2, 0.25) is 0 Å². The Labute approximate surface area is 134 Å². The van der Waals surface area contributed by atoms with E-state index in [-0.39, 0.29) is 18.1 Å². The van der Waals surface area contributed by atoms with Gasteiger partial charge >= 0.3 is 0 Å². The molecule has 2 aromatic heterocycles. The fraction of sp³-hybridized carbons (Fsp3) is 0.500. The minimum absolute atomic E-state index is 0.0645. The van der Waals surface area contributed by atoms with Crippen LogP contribution in [-0.4, -0.2) is 38.7 Å². The first kappa shape index (κ1) is 15.6. The summed E-state index contributed by atoms with van der Waals surface area (Å²) in [5.41, 5.74) is 4.07. The van der Waals surface area contributed by atoms with Crippen molar-refractivity contribution in [3.05, 3.63) is 40.7 Å². The van der Waals surface area contributed by atoms with Crippen LogP contribution < -0.4 is 5.32 Å². The maximum atomic E-state index is 12.4. The van der Waals surface area contributed by atoms with Crippen molar-refractivity contribution >= 4 is 5.91 Å². The molecular formula is C16H21N5O2. The van der Waals surface area contributed by atoms with E-state index in [9.17, 15) is 4.79 Å². The number of aromatic nitrogens is 4. The van der Waals surface area contributed by atoms with Crippen LogP contribution in [0.1, 0.15) is 53.1 Å². The molecular weight excluding hydrogens is 294 g/mol. The SMILES string of the molecule is Cc1cncc(CCNC(=O)c2n[nH]c3c2C[C@@H](C)O[C@H]3C)n1. The highest BCUT2D eigenvalue weighted by Crippen LogP contribution is 2.29. The van der Waals surface area contributed by atoms with Crippen LogP contribution in [0.25, 0.3) is 0 Å². The van der Waals surface area contributed by atoms with Crippen LogP contribution in [0.4, 0.5) is 0 Å². The van der Waals surface area contributed by atoms with Crippen LogP contribution in [-0.2, 0) is 17.6 Å². The number of hydrogen-bond acceptors (Lipinski definition) is 5. The molecule has 2 aromatic rings. The Hall–Kier alpha value is -2.28. The molecule has 122 valence electrons. The van der Waals surface area contributed by atoms with Gasteiger partial charge in [-0.2, -0.15) is 5.10 Å². The molecule has 3 heterocycles. The van der Waals surface area contributed by atoms with Gasteiger partial charge in [0.05, 0.1) is 29.3 Å². The molecule has 2 atom stereocenters. The van der Waals surface area contributed by atoms with Crippen molar-refractivity contribution in [2.45, 2.75) is 45.8 Å². The topological polar surface area (TPSA) is 92.8 Å². The second-order valence-corrected chi connectivity index (χ2v) is 5.92. The first-order valence-electron chi connectivity index (χ1n) is 7.83. The molecule has 0 saturated carbocycles. The first-order valence-corrected chi connectivity index (χ1v) is 7.83. The number of aryl methyl sites for hydroxylation is 1. The van der Waals surface area contributed by atoms with Gasteiger partial charge in [0.15, 0.2) is 5.69 Å². The predicted octanol–water partition coefficient (Wildman–Crippen LogP) is 1.50. The summed E-state index contributed by atoms with van der Waals surface area (Å²) in [5, 5.41) is 10.0. The average Bonchev–Trinajstić information content (AvgIpc) is 2.91. The third-order valence-corrected chi connectivity index (χ3v) is 3.92. The quantitative estimate of drug-likeness (QED) is 0.892. The van der Waals surface area contributed by atoms with Crippen molar-refractivity contribution in [2.75, 3.05) is 6.54 Å². The summed E-state index contributed by atoms with van der Waals surface area (Å²) in [6.07, 6.45) is 4.79. The van der Waals surface area contributed by atoms with Gasteiger partial charge < -0.3 is 10.1 Å². The standard InChI is InChI=1S/C16H21N5O2/c1-9-7-17-8-12(19-9)4-5-18-16(22)15-13-6-10(2)23-11(3)14(13)20-21-15/h7-8,10-11H,4-6H2,1-3H3,(H,18,22)(H,20,21)/t10-,11+/m1/s1. The highest BCUT2D eigenvalue weighted by molar-refractivity contribution is 5.94. The number of hydrogen-bond donors (Lipinski definition) is 2. The Bertz CT molecular complexity index is 712. The highest BCUT2D eigenvalue weighted by Gasteiger charge is 2.29. The zero-order chi connectivity index (χ0) is 16.4. The fourth-order valence-corrected chi connectivity index (χ4v) is 2.89. The van der Waals surface area contributed by atoms with Crippen molar-refractivity contribution < 1.29 is 9.53 Å². The van der Waals surface area contributed by atoms with Crippen molar-refractivity contribution in [3.63, 3.8) is 0 Å². The molecule has 1 aliphatic heterocycles. The number of carbonyl (C=O) groups excluding carboxylic acids is 1. The van der Waals surface area contributed by atoms with E-state index < -0.39 is 0 Å². The van der Waals surface area contributed by atoms with Gasteiger partial charge in [-0.05, 0) is 20.8 Å². The van der Waals surface area contributed by atoms with Gasteiger partial charge in [0, 0.05) is 37.3 Å². The van der Waals surface area contributed by atoms with Crippen LogP contribution in [0.3, 0.4) is 0 Å². The zero-order valence-corrected chi connectivity index (χ0v) is 13.6. The van der Waals surface area contributed by atoms with E-state index in [1.807, 2.05) is 20.8 Å². The smallest absolute Gasteiger partial charge is 0.272 e. The van der Waals surface area contributed by atoms with E-state index in [0.717, 1.165) is 22.6 Å². The van der Waals surface area contributed by atoms with Gasteiger partial charge in [0.2, 0.25) is 0 Å². The Morgan fingerprint density at radius 1 is 1.43 bits per heavy atom. The summed E-state index contributed by atoms with van der Waals surface area (Å²) in [4.78, 5) is 20.8.